The summed E-state index contributed by atoms with van der Waals surface area (Å²) in [6.45, 7) is -13.0. The van der Waals surface area contributed by atoms with Gasteiger partial charge in [-0.1, -0.05) is 0 Å². The maximum Gasteiger partial charge on any atom is 0.384 e. The lowest BCUT2D eigenvalue weighted by molar-refractivity contribution is -0.916. The topological polar surface area (TPSA) is 62.2 Å². The Kier molecular flexibility index (Phi) is 17.7. The Morgan fingerprint density at radius 3 is 0.955 bits per heavy atom. The third-order valence-corrected chi connectivity index (χ3v) is 9.68. The summed E-state index contributed by atoms with van der Waals surface area (Å²) in [6.07, 6.45) is -16.5. The Balaban J connectivity index is 2.91. The molecule has 1 rings (SSSR count). The lowest BCUT2D eigenvalue weighted by Crippen LogP contribution is -2.74. The first-order chi connectivity index (χ1) is 29.2. The minimum atomic E-state index is -8.66. The van der Waals surface area contributed by atoms with E-state index in [4.69, 9.17) is 0 Å². The van der Waals surface area contributed by atoms with Crippen molar-refractivity contribution in [2.24, 2.45) is 0 Å². The molecule has 0 aromatic carbocycles. The molecule has 1 aliphatic rings. The van der Waals surface area contributed by atoms with Crippen LogP contribution in [0.15, 0.2) is 0 Å². The summed E-state index contributed by atoms with van der Waals surface area (Å²) in [5.41, 5.74) is 0. The van der Waals surface area contributed by atoms with Crippen LogP contribution >= 0.6 is 0 Å². The zero-order valence-electron chi connectivity index (χ0n) is 32.1. The molecule has 402 valence electrons. The number of alkyl halides is 32. The number of quaternary nitrogens is 1. The van der Waals surface area contributed by atoms with Crippen molar-refractivity contribution >= 4 is 0 Å². The number of ether oxygens (including phenoxy) is 2. The van der Waals surface area contributed by atoms with Gasteiger partial charge in [-0.15, -0.1) is 0 Å². The van der Waals surface area contributed by atoms with Crippen LogP contribution in [0.5, 0.6) is 0 Å². The molecule has 0 spiro atoms. The average Bonchev–Trinajstić information content (AvgIpc) is 3.14. The molecule has 1 fully saturated rings. The van der Waals surface area contributed by atoms with Crippen molar-refractivity contribution in [3.05, 3.63) is 0 Å². The first kappa shape index (κ1) is 62.5. The number of aliphatic hydroxyl groups excluding tert-OH is 2. The summed E-state index contributed by atoms with van der Waals surface area (Å²) >= 11 is 0. The average molecular weight is 1080 g/mol. The van der Waals surface area contributed by atoms with Gasteiger partial charge in [-0.25, -0.2) is 17.6 Å². The molecule has 67 heavy (non-hydrogen) atoms. The monoisotopic (exact) mass is 1080 g/mol. The van der Waals surface area contributed by atoms with Gasteiger partial charge in [0.05, 0.1) is 39.5 Å². The van der Waals surface area contributed by atoms with E-state index in [9.17, 15) is 151 Å². The van der Waals surface area contributed by atoms with Crippen LogP contribution in [-0.2, 0) is 9.47 Å². The Morgan fingerprint density at radius 2 is 0.672 bits per heavy atom. The molecule has 2 N–H and O–H groups in total. The number of halogens is 32. The van der Waals surface area contributed by atoms with Crippen LogP contribution < -0.4 is 0 Å². The number of hydrogen-bond acceptors (Lipinski definition) is 5. The second-order valence-corrected chi connectivity index (χ2v) is 14.9. The second kappa shape index (κ2) is 18.9. The molecule has 1 heterocycles. The third kappa shape index (κ3) is 10.3. The van der Waals surface area contributed by atoms with Crippen molar-refractivity contribution in [1.29, 1.82) is 0 Å². The van der Waals surface area contributed by atoms with Gasteiger partial charge in [-0.05, 0) is 0 Å². The SMILES string of the molecule is C[N+]1(CC(O)COCC(F)(F)C(F)(F)C(F)(F)C(F)(F)C(F)(F)C(F)(F)C(F)(F)C(F)F)CCN(CC(O)COCC(F)(F)C(F)(F)C(F)(F)C(F)(F)C(F)(F)C(F)(F)C(F)(F)C(F)F)CC1. The molecule has 0 amide bonds. The van der Waals surface area contributed by atoms with E-state index in [1.165, 1.54) is 0 Å². The molecular weight excluding hydrogens is 1050 g/mol. The predicted molar refractivity (Wildman–Crippen MR) is 152 cm³/mol. The van der Waals surface area contributed by atoms with Crippen molar-refractivity contribution in [2.45, 2.75) is 108 Å². The second-order valence-electron chi connectivity index (χ2n) is 14.9. The molecule has 0 aromatic heterocycles. The van der Waals surface area contributed by atoms with Gasteiger partial charge < -0.3 is 24.2 Å². The van der Waals surface area contributed by atoms with E-state index in [-0.39, 0.29) is 26.2 Å². The van der Waals surface area contributed by atoms with Gasteiger partial charge in [0.1, 0.15) is 25.9 Å². The fraction of sp³-hybridized carbons (Fsp3) is 1.00. The van der Waals surface area contributed by atoms with Crippen molar-refractivity contribution in [1.82, 2.24) is 4.90 Å². The first-order valence-corrected chi connectivity index (χ1v) is 17.1. The highest BCUT2D eigenvalue weighted by Crippen LogP contribution is 2.64. The van der Waals surface area contributed by atoms with Gasteiger partial charge in [0.15, 0.2) is 0 Å². The van der Waals surface area contributed by atoms with Gasteiger partial charge in [0.25, 0.3) is 0 Å². The Hall–Kier alpha value is -2.48. The highest BCUT2D eigenvalue weighted by atomic mass is 19.4. The van der Waals surface area contributed by atoms with E-state index in [1.807, 2.05) is 0 Å². The number of likely N-dealkylation sites (N-methyl/N-ethyl adjacent to an activating group) is 1. The molecule has 2 unspecified atom stereocenters. The molecule has 0 saturated carbocycles. The normalized spacial score (nSPS) is 19.1. The smallest absolute Gasteiger partial charge is 0.384 e. The molecule has 0 aliphatic carbocycles. The van der Waals surface area contributed by atoms with Crippen LogP contribution in [0, 0.1) is 0 Å². The number of nitrogens with zero attached hydrogens (tertiary/aromatic N) is 2. The summed E-state index contributed by atoms with van der Waals surface area (Å²) in [5, 5.41) is 20.0. The van der Waals surface area contributed by atoms with E-state index >= 15 is 0 Å². The maximum atomic E-state index is 14.1. The Morgan fingerprint density at radius 1 is 0.418 bits per heavy atom. The van der Waals surface area contributed by atoms with E-state index < -0.39 is 152 Å². The fourth-order valence-electron chi connectivity index (χ4n) is 5.43. The molecular formula is C29H29F32N2O4+. The molecule has 0 radical (unpaired) electrons. The Bertz CT molecular complexity index is 1630. The molecule has 2 atom stereocenters. The highest BCUT2D eigenvalue weighted by Gasteiger charge is 2.95. The summed E-state index contributed by atoms with van der Waals surface area (Å²) in [4.78, 5) is 1.06. The lowest BCUT2D eigenvalue weighted by atomic mass is 9.89. The number of aliphatic hydroxyl groups is 2. The van der Waals surface area contributed by atoms with Crippen LogP contribution in [0.4, 0.5) is 140 Å². The van der Waals surface area contributed by atoms with Crippen molar-refractivity contribution < 1.29 is 165 Å². The molecule has 0 bridgehead atoms. The quantitative estimate of drug-likeness (QED) is 0.0670. The van der Waals surface area contributed by atoms with Gasteiger partial charge in [-0.2, -0.15) is 123 Å². The predicted octanol–water partition coefficient (Wildman–Crippen LogP) is 8.93. The lowest BCUT2D eigenvalue weighted by Gasteiger charge is -2.43. The highest BCUT2D eigenvalue weighted by molar-refractivity contribution is 5.16. The van der Waals surface area contributed by atoms with Crippen LogP contribution in [0.1, 0.15) is 0 Å². The first-order valence-electron chi connectivity index (χ1n) is 17.1. The molecule has 1 saturated heterocycles. The van der Waals surface area contributed by atoms with E-state index in [1.54, 1.807) is 0 Å². The van der Waals surface area contributed by atoms with E-state index in [2.05, 4.69) is 9.47 Å². The number of rotatable bonds is 26. The molecule has 1 aliphatic heterocycles. The summed E-state index contributed by atoms with van der Waals surface area (Å²) in [7, 11) is 1.15. The number of piperazine rings is 1. The zero-order chi connectivity index (χ0) is 53.9. The summed E-state index contributed by atoms with van der Waals surface area (Å²) in [6, 6.07) is 0. The van der Waals surface area contributed by atoms with Crippen LogP contribution in [0.2, 0.25) is 0 Å². The van der Waals surface area contributed by atoms with Gasteiger partial charge in [0, 0.05) is 19.6 Å². The van der Waals surface area contributed by atoms with Crippen molar-refractivity contribution in [3.8, 4) is 0 Å². The number of hydrogen-bond donors (Lipinski definition) is 2. The third-order valence-electron chi connectivity index (χ3n) is 9.68. The minimum Gasteiger partial charge on any atom is -0.389 e. The Labute approximate surface area is 351 Å². The van der Waals surface area contributed by atoms with Crippen LogP contribution in [0.3, 0.4) is 0 Å². The van der Waals surface area contributed by atoms with Crippen molar-refractivity contribution in [2.75, 3.05) is 72.7 Å². The molecule has 6 nitrogen and oxygen atoms in total. The molecule has 38 heteroatoms. The summed E-state index contributed by atoms with van der Waals surface area (Å²) in [5.74, 6) is -113. The van der Waals surface area contributed by atoms with Gasteiger partial charge in [-0.3, -0.25) is 4.90 Å². The largest absolute Gasteiger partial charge is 0.389 e. The van der Waals surface area contributed by atoms with Gasteiger partial charge >= 0.3 is 95.8 Å². The minimum absolute atomic E-state index is 0.329. The fourth-order valence-corrected chi connectivity index (χ4v) is 5.43. The van der Waals surface area contributed by atoms with Gasteiger partial charge in [0.2, 0.25) is 0 Å². The summed E-state index contributed by atoms with van der Waals surface area (Å²) < 4.78 is 439. The van der Waals surface area contributed by atoms with Crippen molar-refractivity contribution in [3.63, 3.8) is 0 Å². The van der Waals surface area contributed by atoms with Crippen LogP contribution in [-0.4, -0.2) is 200 Å². The van der Waals surface area contributed by atoms with Crippen LogP contribution in [0.25, 0.3) is 0 Å². The standard InChI is InChI=1S/C29H29F32N2O4/c1-63(7-13(65)9-67-11-17(36,37)21(44,45)25(52,53)29(60,61)27(56,57)23(48,49)19(40,41)15(32)33)4-2-62(3-5-63)6-12(64)8-66-10-16(34,35)20(42,43)24(50,51)28(58,59)26(54,55)22(46,47)18(38,39)14(30)31/h12-15,64-65H,2-11H2,1H3/q+1. The van der Waals surface area contributed by atoms with E-state index in [0.29, 0.717) is 0 Å². The molecule has 0 aromatic rings. The van der Waals surface area contributed by atoms with E-state index in [0.717, 1.165) is 11.9 Å². The zero-order valence-corrected chi connectivity index (χ0v) is 32.1. The number of β-amino-alcohol motifs (C(OH)–C–C–N with tert-alkyl or cyclic N) is 1. The maximum absolute atomic E-state index is 14.1.